The quantitative estimate of drug-likeness (QED) is 0.164. The van der Waals surface area contributed by atoms with E-state index in [1.165, 1.54) is 11.8 Å². The van der Waals surface area contributed by atoms with Gasteiger partial charge in [-0.3, -0.25) is 24.0 Å². The molecule has 0 aliphatic carbocycles. The Labute approximate surface area is 188 Å². The molecule has 0 aromatic rings. The van der Waals surface area contributed by atoms with Crippen molar-refractivity contribution in [2.45, 2.75) is 56.3 Å². The van der Waals surface area contributed by atoms with Crippen molar-refractivity contribution in [2.75, 3.05) is 18.6 Å². The zero-order chi connectivity index (χ0) is 24.4. The molecule has 4 amide bonds. The van der Waals surface area contributed by atoms with Crippen molar-refractivity contribution in [3.05, 3.63) is 0 Å². The van der Waals surface area contributed by atoms with Crippen LogP contribution in [0.2, 0.25) is 0 Å². The molecule has 14 heteroatoms. The van der Waals surface area contributed by atoms with Gasteiger partial charge in [0, 0.05) is 6.54 Å². The summed E-state index contributed by atoms with van der Waals surface area (Å²) < 4.78 is 0. The number of primary amides is 1. The second kappa shape index (κ2) is 12.9. The molecule has 0 aromatic carbocycles. The maximum absolute atomic E-state index is 13.0. The first-order valence-electron chi connectivity index (χ1n) is 9.86. The fourth-order valence-corrected chi connectivity index (χ4v) is 3.69. The summed E-state index contributed by atoms with van der Waals surface area (Å²) in [6, 6.07) is -5.01. The monoisotopic (exact) mass is 475 g/mol. The molecule has 1 rings (SSSR count). The summed E-state index contributed by atoms with van der Waals surface area (Å²) in [7, 11) is 0. The number of carboxylic acid groups (broad SMARTS) is 2. The Morgan fingerprint density at radius 1 is 1.09 bits per heavy atom. The first-order valence-corrected chi connectivity index (χ1v) is 11.3. The van der Waals surface area contributed by atoms with Crippen LogP contribution >= 0.6 is 11.8 Å². The topological polar surface area (TPSA) is 222 Å². The molecule has 0 bridgehead atoms. The molecule has 0 saturated carbocycles. The summed E-state index contributed by atoms with van der Waals surface area (Å²) in [5.41, 5.74) is 11.0. The Bertz CT molecular complexity index is 749. The molecule has 13 nitrogen and oxygen atoms in total. The van der Waals surface area contributed by atoms with E-state index >= 15 is 0 Å². The Morgan fingerprint density at radius 3 is 2.28 bits per heavy atom. The van der Waals surface area contributed by atoms with E-state index in [0.29, 0.717) is 18.6 Å². The van der Waals surface area contributed by atoms with Crippen LogP contribution in [0.15, 0.2) is 0 Å². The summed E-state index contributed by atoms with van der Waals surface area (Å²) in [4.78, 5) is 72.6. The van der Waals surface area contributed by atoms with E-state index in [4.69, 9.17) is 21.7 Å². The summed E-state index contributed by atoms with van der Waals surface area (Å²) in [6.45, 7) is 0.122. The highest BCUT2D eigenvalue weighted by Crippen LogP contribution is 2.20. The standard InChI is InChI=1S/C18H29N5O8S/c1-32-6-4-9(19)15(27)21-10(7-13(20)24)17(29)23-5-2-3-12(23)16(28)22-11(18(30)31)8-14(25)26/h9-12H,2-8,19H2,1H3,(H2,20,24)(H,21,27)(H,22,28)(H,25,26)(H,30,31). The lowest BCUT2D eigenvalue weighted by Gasteiger charge is -2.29. The van der Waals surface area contributed by atoms with Crippen molar-refractivity contribution >= 4 is 47.3 Å². The fraction of sp³-hybridized carbons (Fsp3) is 0.667. The predicted octanol–water partition coefficient (Wildman–Crippen LogP) is -2.54. The van der Waals surface area contributed by atoms with E-state index in [0.717, 1.165) is 4.90 Å². The number of carbonyl (C=O) groups is 6. The number of nitrogens with zero attached hydrogens (tertiary/aromatic N) is 1. The first kappa shape index (κ1) is 27.2. The number of carboxylic acids is 2. The van der Waals surface area contributed by atoms with Crippen molar-refractivity contribution in [3.8, 4) is 0 Å². The van der Waals surface area contributed by atoms with Gasteiger partial charge in [0.1, 0.15) is 18.1 Å². The van der Waals surface area contributed by atoms with Gasteiger partial charge in [-0.25, -0.2) is 4.79 Å². The molecule has 1 saturated heterocycles. The zero-order valence-corrected chi connectivity index (χ0v) is 18.4. The second-order valence-electron chi connectivity index (χ2n) is 7.31. The van der Waals surface area contributed by atoms with Gasteiger partial charge in [0.2, 0.25) is 23.6 Å². The van der Waals surface area contributed by atoms with E-state index in [-0.39, 0.29) is 13.0 Å². The average Bonchev–Trinajstić information content (AvgIpc) is 3.19. The van der Waals surface area contributed by atoms with Crippen LogP contribution in [0.5, 0.6) is 0 Å². The Hall–Kier alpha value is -2.87. The molecule has 180 valence electrons. The van der Waals surface area contributed by atoms with Gasteiger partial charge >= 0.3 is 11.9 Å². The Balaban J connectivity index is 2.94. The third-order valence-electron chi connectivity index (χ3n) is 4.82. The van der Waals surface area contributed by atoms with Crippen LogP contribution in [0.1, 0.15) is 32.1 Å². The molecule has 4 atom stereocenters. The minimum atomic E-state index is -1.67. The Kier molecular flexibility index (Phi) is 10.9. The Morgan fingerprint density at radius 2 is 1.75 bits per heavy atom. The van der Waals surface area contributed by atoms with Crippen LogP contribution in [-0.4, -0.2) is 93.4 Å². The molecule has 0 aromatic heterocycles. The summed E-state index contributed by atoms with van der Waals surface area (Å²) in [5, 5.41) is 22.5. The molecular formula is C18H29N5O8S. The lowest BCUT2D eigenvalue weighted by atomic mass is 10.1. The number of likely N-dealkylation sites (tertiary alicyclic amines) is 1. The molecule has 8 N–H and O–H groups in total. The van der Waals surface area contributed by atoms with Crippen LogP contribution in [0.3, 0.4) is 0 Å². The number of carbonyl (C=O) groups excluding carboxylic acids is 4. The molecule has 4 unspecified atom stereocenters. The van der Waals surface area contributed by atoms with E-state index in [1.807, 2.05) is 6.26 Å². The van der Waals surface area contributed by atoms with Gasteiger partial charge in [-0.2, -0.15) is 11.8 Å². The maximum atomic E-state index is 13.0. The third kappa shape index (κ3) is 8.34. The number of thioether (sulfide) groups is 1. The van der Waals surface area contributed by atoms with Crippen LogP contribution in [-0.2, 0) is 28.8 Å². The number of hydrogen-bond acceptors (Lipinski definition) is 8. The molecule has 0 radical (unpaired) electrons. The third-order valence-corrected chi connectivity index (χ3v) is 5.47. The molecular weight excluding hydrogens is 446 g/mol. The SMILES string of the molecule is CSCCC(N)C(=O)NC(CC(N)=O)C(=O)N1CCCC1C(=O)NC(CC(=O)O)C(=O)O. The van der Waals surface area contributed by atoms with Crippen LogP contribution < -0.4 is 22.1 Å². The van der Waals surface area contributed by atoms with Gasteiger partial charge in [-0.1, -0.05) is 0 Å². The summed E-state index contributed by atoms with van der Waals surface area (Å²) >= 11 is 1.49. The van der Waals surface area contributed by atoms with E-state index in [9.17, 15) is 28.8 Å². The molecule has 1 heterocycles. The van der Waals surface area contributed by atoms with Gasteiger partial charge in [-0.15, -0.1) is 0 Å². The van der Waals surface area contributed by atoms with Gasteiger partial charge in [0.15, 0.2) is 0 Å². The van der Waals surface area contributed by atoms with Crippen molar-refractivity contribution in [2.24, 2.45) is 11.5 Å². The molecule has 32 heavy (non-hydrogen) atoms. The zero-order valence-electron chi connectivity index (χ0n) is 17.6. The fourth-order valence-electron chi connectivity index (χ4n) is 3.20. The summed E-state index contributed by atoms with van der Waals surface area (Å²) in [6.07, 6.45) is 1.44. The predicted molar refractivity (Wildman–Crippen MR) is 113 cm³/mol. The highest BCUT2D eigenvalue weighted by molar-refractivity contribution is 7.98. The van der Waals surface area contributed by atoms with E-state index < -0.39 is 72.6 Å². The minimum Gasteiger partial charge on any atom is -0.481 e. The number of aliphatic carboxylic acids is 2. The van der Waals surface area contributed by atoms with Crippen LogP contribution in [0, 0.1) is 0 Å². The number of nitrogens with two attached hydrogens (primary N) is 2. The van der Waals surface area contributed by atoms with Crippen LogP contribution in [0.25, 0.3) is 0 Å². The highest BCUT2D eigenvalue weighted by Gasteiger charge is 2.39. The van der Waals surface area contributed by atoms with Crippen molar-refractivity contribution in [3.63, 3.8) is 0 Å². The normalized spacial score (nSPS) is 18.3. The molecule has 1 aliphatic rings. The van der Waals surface area contributed by atoms with E-state index in [2.05, 4.69) is 10.6 Å². The van der Waals surface area contributed by atoms with Gasteiger partial charge in [0.25, 0.3) is 0 Å². The van der Waals surface area contributed by atoms with Crippen LogP contribution in [0.4, 0.5) is 0 Å². The van der Waals surface area contributed by atoms with E-state index in [1.54, 1.807) is 0 Å². The number of hydrogen-bond donors (Lipinski definition) is 6. The molecule has 0 spiro atoms. The lowest BCUT2D eigenvalue weighted by Crippen LogP contribution is -2.57. The smallest absolute Gasteiger partial charge is 0.326 e. The first-order chi connectivity index (χ1) is 15.0. The number of nitrogens with one attached hydrogen (secondary N) is 2. The number of amides is 4. The molecule has 1 aliphatic heterocycles. The van der Waals surface area contributed by atoms with Crippen molar-refractivity contribution < 1.29 is 39.0 Å². The minimum absolute atomic E-state index is 0.122. The molecule has 1 fully saturated rings. The highest BCUT2D eigenvalue weighted by atomic mass is 32.2. The van der Waals surface area contributed by atoms with Gasteiger partial charge in [-0.05, 0) is 31.3 Å². The lowest BCUT2D eigenvalue weighted by molar-refractivity contribution is -0.148. The van der Waals surface area contributed by atoms with Crippen molar-refractivity contribution in [1.29, 1.82) is 0 Å². The number of rotatable bonds is 13. The average molecular weight is 476 g/mol. The largest absolute Gasteiger partial charge is 0.481 e. The maximum Gasteiger partial charge on any atom is 0.326 e. The van der Waals surface area contributed by atoms with Crippen molar-refractivity contribution in [1.82, 2.24) is 15.5 Å². The van der Waals surface area contributed by atoms with Gasteiger partial charge < -0.3 is 37.2 Å². The summed E-state index contributed by atoms with van der Waals surface area (Å²) in [5.74, 6) is -5.42. The second-order valence-corrected chi connectivity index (χ2v) is 8.29. The van der Waals surface area contributed by atoms with Gasteiger partial charge in [0.05, 0.1) is 18.9 Å².